The second-order valence-electron chi connectivity index (χ2n) is 6.82. The van der Waals surface area contributed by atoms with Gasteiger partial charge in [0.2, 0.25) is 5.88 Å². The molecule has 164 valence electrons. The van der Waals surface area contributed by atoms with Crippen LogP contribution in [-0.4, -0.2) is 40.3 Å². The van der Waals surface area contributed by atoms with Crippen LogP contribution in [0.3, 0.4) is 0 Å². The van der Waals surface area contributed by atoms with Gasteiger partial charge in [-0.3, -0.25) is 0 Å². The highest BCUT2D eigenvalue weighted by Crippen LogP contribution is 2.30. The monoisotopic (exact) mass is 452 g/mol. The highest BCUT2D eigenvalue weighted by atomic mass is 35.5. The first-order valence-electron chi connectivity index (χ1n) is 9.94. The molecule has 2 aromatic carbocycles. The first-order chi connectivity index (χ1) is 15.6. The minimum absolute atomic E-state index is 0.176. The van der Waals surface area contributed by atoms with E-state index in [2.05, 4.69) is 9.97 Å². The van der Waals surface area contributed by atoms with E-state index in [1.165, 1.54) is 6.33 Å². The van der Waals surface area contributed by atoms with Gasteiger partial charge in [-0.05, 0) is 30.3 Å². The molecule has 0 aliphatic heterocycles. The number of benzene rings is 2. The van der Waals surface area contributed by atoms with Gasteiger partial charge >= 0.3 is 5.97 Å². The van der Waals surface area contributed by atoms with Gasteiger partial charge in [0.1, 0.15) is 24.2 Å². The number of fused-ring (bicyclic) bond motifs is 1. The molecule has 0 unspecified atom stereocenters. The molecule has 0 aliphatic rings. The SMILES string of the molecule is Nc1ccc(Oc2ncnc3ccn(CCOCCOC(=O)c4ccccc4)c23)cc1Cl. The number of halogens is 1. The van der Waals surface area contributed by atoms with E-state index in [0.29, 0.717) is 47.7 Å². The molecule has 2 heterocycles. The van der Waals surface area contributed by atoms with Crippen molar-refractivity contribution in [3.63, 3.8) is 0 Å². The van der Waals surface area contributed by atoms with Crippen molar-refractivity contribution in [2.24, 2.45) is 0 Å². The molecule has 0 radical (unpaired) electrons. The lowest BCUT2D eigenvalue weighted by Gasteiger charge is -2.11. The van der Waals surface area contributed by atoms with Crippen LogP contribution in [0.5, 0.6) is 11.6 Å². The van der Waals surface area contributed by atoms with Gasteiger partial charge in [-0.1, -0.05) is 29.8 Å². The van der Waals surface area contributed by atoms with Crippen molar-refractivity contribution in [3.8, 4) is 11.6 Å². The molecular formula is C23H21ClN4O4. The maximum absolute atomic E-state index is 11.9. The summed E-state index contributed by atoms with van der Waals surface area (Å²) < 4.78 is 18.7. The molecule has 4 rings (SSSR count). The van der Waals surface area contributed by atoms with Crippen molar-refractivity contribution in [2.45, 2.75) is 6.54 Å². The number of nitrogen functional groups attached to an aromatic ring is 1. The number of carbonyl (C=O) groups excluding carboxylic acids is 1. The summed E-state index contributed by atoms with van der Waals surface area (Å²) >= 11 is 6.08. The van der Waals surface area contributed by atoms with Crippen LogP contribution in [0.15, 0.2) is 67.1 Å². The van der Waals surface area contributed by atoms with Crippen LogP contribution >= 0.6 is 11.6 Å². The summed E-state index contributed by atoms with van der Waals surface area (Å²) in [7, 11) is 0. The lowest BCUT2D eigenvalue weighted by atomic mass is 10.2. The maximum atomic E-state index is 11.9. The van der Waals surface area contributed by atoms with E-state index in [1.54, 1.807) is 42.5 Å². The van der Waals surface area contributed by atoms with Gasteiger partial charge in [-0.15, -0.1) is 0 Å². The fourth-order valence-electron chi connectivity index (χ4n) is 3.06. The van der Waals surface area contributed by atoms with E-state index in [0.717, 1.165) is 11.0 Å². The predicted octanol–water partition coefficient (Wildman–Crippen LogP) is 4.33. The van der Waals surface area contributed by atoms with E-state index < -0.39 is 0 Å². The van der Waals surface area contributed by atoms with Crippen molar-refractivity contribution < 1.29 is 19.0 Å². The van der Waals surface area contributed by atoms with Crippen LogP contribution in [0.4, 0.5) is 5.69 Å². The first kappa shape index (κ1) is 21.6. The molecule has 0 spiro atoms. The van der Waals surface area contributed by atoms with E-state index >= 15 is 0 Å². The lowest BCUT2D eigenvalue weighted by molar-refractivity contribution is 0.0307. The van der Waals surface area contributed by atoms with Gasteiger partial charge in [0.05, 0.1) is 35.0 Å². The second kappa shape index (κ2) is 10.1. The zero-order chi connectivity index (χ0) is 22.3. The van der Waals surface area contributed by atoms with Crippen molar-refractivity contribution >= 4 is 34.3 Å². The number of nitrogens with zero attached hydrogens (tertiary/aromatic N) is 3. The first-order valence-corrected chi connectivity index (χ1v) is 10.3. The fraction of sp³-hybridized carbons (Fsp3) is 0.174. The van der Waals surface area contributed by atoms with Crippen LogP contribution in [0.25, 0.3) is 11.0 Å². The number of rotatable bonds is 9. The summed E-state index contributed by atoms with van der Waals surface area (Å²) in [5.74, 6) is 0.554. The van der Waals surface area contributed by atoms with Gasteiger partial charge in [-0.25, -0.2) is 9.78 Å². The minimum atomic E-state index is -0.368. The summed E-state index contributed by atoms with van der Waals surface area (Å²) in [4.78, 5) is 20.5. The molecule has 2 N–H and O–H groups in total. The third-order valence-corrected chi connectivity index (χ3v) is 4.98. The zero-order valence-electron chi connectivity index (χ0n) is 17.1. The number of esters is 1. The third-order valence-electron chi connectivity index (χ3n) is 4.65. The molecule has 0 amide bonds. The number of anilines is 1. The van der Waals surface area contributed by atoms with Crippen LogP contribution in [0.2, 0.25) is 5.02 Å². The largest absolute Gasteiger partial charge is 0.460 e. The second-order valence-corrected chi connectivity index (χ2v) is 7.23. The zero-order valence-corrected chi connectivity index (χ0v) is 17.9. The summed E-state index contributed by atoms with van der Waals surface area (Å²) in [6.07, 6.45) is 3.33. The minimum Gasteiger partial charge on any atom is -0.460 e. The molecule has 2 aromatic heterocycles. The average Bonchev–Trinajstić information content (AvgIpc) is 3.23. The van der Waals surface area contributed by atoms with Crippen molar-refractivity contribution in [3.05, 3.63) is 77.7 Å². The molecule has 8 nitrogen and oxygen atoms in total. The Bertz CT molecular complexity index is 1210. The van der Waals surface area contributed by atoms with Gasteiger partial charge in [-0.2, -0.15) is 4.98 Å². The maximum Gasteiger partial charge on any atom is 0.338 e. The molecular weight excluding hydrogens is 432 g/mol. The molecule has 0 saturated carbocycles. The van der Waals surface area contributed by atoms with Crippen LogP contribution in [-0.2, 0) is 16.0 Å². The number of aromatic nitrogens is 3. The van der Waals surface area contributed by atoms with Crippen LogP contribution in [0, 0.1) is 0 Å². The van der Waals surface area contributed by atoms with Crippen molar-refractivity contribution in [1.29, 1.82) is 0 Å². The van der Waals surface area contributed by atoms with Crippen molar-refractivity contribution in [2.75, 3.05) is 25.6 Å². The molecule has 9 heteroatoms. The summed E-state index contributed by atoms with van der Waals surface area (Å²) in [5, 5.41) is 0.407. The van der Waals surface area contributed by atoms with Gasteiger partial charge in [0.15, 0.2) is 0 Å². The van der Waals surface area contributed by atoms with Gasteiger partial charge < -0.3 is 24.5 Å². The van der Waals surface area contributed by atoms with Crippen LogP contribution in [0.1, 0.15) is 10.4 Å². The highest BCUT2D eigenvalue weighted by Gasteiger charge is 2.12. The topological polar surface area (TPSA) is 101 Å². The Labute approximate surface area is 189 Å². The lowest BCUT2D eigenvalue weighted by Crippen LogP contribution is -2.13. The van der Waals surface area contributed by atoms with E-state index in [4.69, 9.17) is 31.5 Å². The fourth-order valence-corrected chi connectivity index (χ4v) is 3.23. The van der Waals surface area contributed by atoms with E-state index in [-0.39, 0.29) is 12.6 Å². The molecule has 0 saturated heterocycles. The Balaban J connectivity index is 1.32. The summed E-state index contributed by atoms with van der Waals surface area (Å²) in [5.41, 5.74) is 8.23. The Morgan fingerprint density at radius 3 is 2.69 bits per heavy atom. The van der Waals surface area contributed by atoms with Crippen molar-refractivity contribution in [1.82, 2.24) is 14.5 Å². The normalized spacial score (nSPS) is 10.9. The summed E-state index contributed by atoms with van der Waals surface area (Å²) in [6.45, 7) is 1.42. The molecule has 32 heavy (non-hydrogen) atoms. The number of ether oxygens (including phenoxy) is 3. The number of hydrogen-bond acceptors (Lipinski definition) is 7. The quantitative estimate of drug-likeness (QED) is 0.229. The Morgan fingerprint density at radius 1 is 1.03 bits per heavy atom. The predicted molar refractivity (Wildman–Crippen MR) is 121 cm³/mol. The Hall–Kier alpha value is -3.62. The number of carbonyl (C=O) groups is 1. The summed E-state index contributed by atoms with van der Waals surface area (Å²) in [6, 6.07) is 15.8. The van der Waals surface area contributed by atoms with Crippen LogP contribution < -0.4 is 10.5 Å². The Morgan fingerprint density at radius 2 is 1.88 bits per heavy atom. The van der Waals surface area contributed by atoms with E-state index in [9.17, 15) is 4.79 Å². The smallest absolute Gasteiger partial charge is 0.338 e. The third kappa shape index (κ3) is 5.16. The average molecular weight is 453 g/mol. The van der Waals surface area contributed by atoms with Gasteiger partial charge in [0, 0.05) is 18.8 Å². The number of nitrogens with two attached hydrogens (primary N) is 1. The molecule has 0 fully saturated rings. The van der Waals surface area contributed by atoms with E-state index in [1.807, 2.05) is 22.9 Å². The highest BCUT2D eigenvalue weighted by molar-refractivity contribution is 6.33. The Kier molecular flexibility index (Phi) is 6.84. The molecule has 0 bridgehead atoms. The number of hydrogen-bond donors (Lipinski definition) is 1. The molecule has 4 aromatic rings. The molecule has 0 aliphatic carbocycles. The standard InChI is InChI=1S/C23H21ClN4O4/c24-18-14-17(6-7-19(18)25)32-22-21-20(26-15-27-22)8-9-28(21)10-11-30-12-13-31-23(29)16-4-2-1-3-5-16/h1-9,14-15H,10-13,25H2. The molecule has 0 atom stereocenters. The van der Waals surface area contributed by atoms with Gasteiger partial charge in [0.25, 0.3) is 0 Å².